The Balaban J connectivity index is 0.0000119. The number of rotatable bonds is 11. The van der Waals surface area contributed by atoms with Crippen molar-refractivity contribution in [1.82, 2.24) is 14.1 Å². The van der Waals surface area contributed by atoms with Crippen LogP contribution in [-0.2, 0) is 37.3 Å². The normalized spacial score (nSPS) is 15.5. The minimum Gasteiger partial charge on any atom is -0.510 e. The molecule has 0 bridgehead atoms. The number of fused-ring (bicyclic) bond motifs is 10. The fraction of sp³-hybridized carbons (Fsp3) is 0.125. The summed E-state index contributed by atoms with van der Waals surface area (Å²) in [5.74, 6) is 1.07. The maximum atomic E-state index is 11.2. The van der Waals surface area contributed by atoms with Crippen molar-refractivity contribution in [2.45, 2.75) is 78.6 Å². The van der Waals surface area contributed by atoms with Gasteiger partial charge in [-0.3, -0.25) is 4.57 Å². The van der Waals surface area contributed by atoms with Crippen LogP contribution in [0.1, 0.15) is 112 Å². The zero-order valence-electron chi connectivity index (χ0n) is 81.6. The first-order chi connectivity index (χ1) is 59.4. The molecule has 0 saturated heterocycles. The fourth-order valence-corrected chi connectivity index (χ4v) is 17.6. The van der Waals surface area contributed by atoms with E-state index in [2.05, 4.69) is 105 Å². The van der Waals surface area contributed by atoms with Crippen LogP contribution < -0.4 is 30.1 Å². The van der Waals surface area contributed by atoms with Crippen molar-refractivity contribution < 1.29 is 63.3 Å². The molecule has 504 valence electrons. The van der Waals surface area contributed by atoms with Gasteiger partial charge in [0.15, 0.2) is 8.07 Å². The molecule has 1 aliphatic heterocycles. The van der Waals surface area contributed by atoms with E-state index in [1.165, 1.54) is 0 Å². The van der Waals surface area contributed by atoms with E-state index in [1.54, 1.807) is 71.4 Å². The van der Waals surface area contributed by atoms with E-state index in [4.69, 9.17) is 15.2 Å². The van der Waals surface area contributed by atoms with Crippen molar-refractivity contribution in [2.24, 2.45) is 0 Å². The summed E-state index contributed by atoms with van der Waals surface area (Å²) in [6.45, 7) is 19.1. The number of ether oxygens (including phenoxy) is 1. The first-order valence-electron chi connectivity index (χ1n) is 45.5. The van der Waals surface area contributed by atoms with E-state index < -0.39 is 190 Å². The molecule has 0 spiro atoms. The van der Waals surface area contributed by atoms with E-state index in [-0.39, 0.29) is 71.4 Å². The largest absolute Gasteiger partial charge is 0.510 e. The van der Waals surface area contributed by atoms with E-state index in [0.29, 0.717) is 55.9 Å². The average molecular weight is 1550 g/mol. The number of imidazole rings is 1. The molecule has 5 nitrogen and oxygen atoms in total. The molecule has 0 fully saturated rings. The molecule has 16 aromatic rings. The second-order valence-electron chi connectivity index (χ2n) is 28.5. The Hall–Kier alpha value is -11.0. The van der Waals surface area contributed by atoms with Crippen LogP contribution in [-0.4, -0.2) is 22.2 Å². The van der Waals surface area contributed by atoms with E-state index in [9.17, 15) is 27.4 Å². The van der Waals surface area contributed by atoms with Gasteiger partial charge in [-0.15, -0.1) is 29.7 Å². The first-order valence-corrected chi connectivity index (χ1v) is 35.5. The van der Waals surface area contributed by atoms with Gasteiger partial charge in [0.25, 0.3) is 6.33 Å². The Bertz CT molecular complexity index is 7150. The van der Waals surface area contributed by atoms with Gasteiger partial charge in [-0.1, -0.05) is 316 Å². The third kappa shape index (κ3) is 11.7. The Morgan fingerprint density at radius 1 is 0.417 bits per heavy atom. The van der Waals surface area contributed by atoms with Gasteiger partial charge < -0.3 is 13.9 Å². The Kier molecular flexibility index (Phi) is 11.2. The number of nitrogens with zero attached hydrogens (tertiary/aromatic N) is 4. The topological polar surface area (TPSA) is 35.9 Å². The zero-order chi connectivity index (χ0) is 90.5. The molecule has 0 amide bonds. The van der Waals surface area contributed by atoms with Gasteiger partial charge in [0, 0.05) is 44.3 Å². The third-order valence-corrected chi connectivity index (χ3v) is 23.1. The van der Waals surface area contributed by atoms with Crippen molar-refractivity contribution in [1.29, 1.82) is 0 Å². The predicted molar refractivity (Wildman–Crippen MR) is 426 cm³/mol. The molecule has 13 aromatic carbocycles. The molecule has 17 rings (SSSR count). The average Bonchev–Trinajstić information content (AvgIpc) is 1.37. The zero-order valence-corrected chi connectivity index (χ0v) is 60.9. The number of aromatic nitrogens is 4. The second-order valence-corrected chi connectivity index (χ2v) is 32.0. The van der Waals surface area contributed by atoms with Crippen LogP contribution in [0.5, 0.6) is 11.5 Å². The van der Waals surface area contributed by atoms with Crippen LogP contribution in [0.3, 0.4) is 0 Å². The molecule has 0 saturated carbocycles. The number of pyridine rings is 1. The summed E-state index contributed by atoms with van der Waals surface area (Å²) in [5.41, 5.74) is 7.69. The number of benzene rings is 13. The summed E-state index contributed by atoms with van der Waals surface area (Å²) in [4.78, 5) is 4.90. The first kappa shape index (κ1) is 44.4. The van der Waals surface area contributed by atoms with Crippen LogP contribution in [0.4, 0.5) is 0 Å². The molecule has 3 aromatic heterocycles. The molecular formula is C96H78N4OPtSi-2. The van der Waals surface area contributed by atoms with Crippen LogP contribution in [0.25, 0.3) is 117 Å². The van der Waals surface area contributed by atoms with Crippen LogP contribution >= 0.6 is 0 Å². The molecule has 103 heavy (non-hydrogen) atoms. The van der Waals surface area contributed by atoms with Gasteiger partial charge in [-0.25, -0.2) is 4.98 Å². The fourth-order valence-electron chi connectivity index (χ4n) is 14.1. The molecule has 0 atom stereocenters. The monoisotopic (exact) mass is 1550 g/mol. The molecule has 0 radical (unpaired) electrons. The smallest absolute Gasteiger partial charge is 0.268 e. The molecule has 0 N–H and O–H groups in total. The van der Waals surface area contributed by atoms with Crippen molar-refractivity contribution in [3.8, 4) is 95.5 Å². The quantitative estimate of drug-likeness (QED) is 0.0560. The van der Waals surface area contributed by atoms with E-state index in [0.717, 1.165) is 38.5 Å². The molecule has 1 aliphatic rings. The Morgan fingerprint density at radius 2 is 0.971 bits per heavy atom. The summed E-state index contributed by atoms with van der Waals surface area (Å²) in [7, 11) is -6.41. The minimum absolute atomic E-state index is 0. The summed E-state index contributed by atoms with van der Waals surface area (Å²) >= 11 is 0. The SMILES string of the molecule is [2H]c1c([2H])c([2H])c(-c2cccc3c2-c2cccc(-c4cc(C(C)(C)C)cc(C(C)(C)C)c4)c2-[n+]2[c-]n(-c4[c-]c(Oc5[c-]c6c(cc5)c5ccccc5n6-c5cc(C(C)(C)C)ccn5)ccc4)c4cc(-c5c([2H])c([2H])c([2H])c([Si](c6c([2H])c([2H])c([2H])c([2H])c6[2H])(c6c([2H])c([2H])c([2H])c([2H])c6[2H])c6c([2H])c([2H])c([2H])c([2H])c6[2H])c5[2H])cc(c42)-c2ccccc2-3)c([2H])c1[2H].[Pt]. The van der Waals surface area contributed by atoms with Gasteiger partial charge in [0.05, 0.1) is 49.6 Å². The van der Waals surface area contributed by atoms with Crippen molar-refractivity contribution in [2.75, 3.05) is 0 Å². The summed E-state index contributed by atoms with van der Waals surface area (Å²) < 4.78 is 244. The van der Waals surface area contributed by atoms with Crippen LogP contribution in [0.15, 0.2) is 309 Å². The third-order valence-electron chi connectivity index (χ3n) is 19.1. The predicted octanol–water partition coefficient (Wildman–Crippen LogP) is 21.2. The van der Waals surface area contributed by atoms with Gasteiger partial charge in [-0.2, -0.15) is 18.2 Å². The van der Waals surface area contributed by atoms with Crippen molar-refractivity contribution in [3.05, 3.63) is 344 Å². The van der Waals surface area contributed by atoms with E-state index >= 15 is 0 Å². The molecule has 7 heteroatoms. The standard InChI is InChI=1S/C96H78N4OSi.Pt/c1-94(2,3)68-52-53-97-90(60-68)100-87-49-25-24-44-82(87)83-51-50-73(62-88(83)100)101-72-34-27-33-71(61-72)98-63-99-92-79(67-54-69(95(4,5)6)59-70(55-67)96(7,8)9)46-29-48-85(92)91-78(64-30-14-10-15-31-64)45-28-47-84(91)80-42-22-23-43-81(80)86-57-66(58-89(98)93(86)99)65-32-26-41-77(56-65)102(74-35-16-11-17-36-74,75-37-18-12-19-38-75)76-39-20-13-21-40-76;/h10-60H,1-9H3;/q-2;/i10D,11D,12D,13D,14D,15D,16D,17D,18D,19D,20D,21D,26D,30D,31D,32D,35D,36D,37D,38D,39D,40D,41D,56D;. The van der Waals surface area contributed by atoms with Crippen LogP contribution in [0, 0.1) is 18.5 Å². The molecule has 0 aliphatic carbocycles. The summed E-state index contributed by atoms with van der Waals surface area (Å²) in [6.07, 6.45) is 5.57. The van der Waals surface area contributed by atoms with Gasteiger partial charge in [0.2, 0.25) is 0 Å². The number of para-hydroxylation sites is 2. The van der Waals surface area contributed by atoms with Crippen molar-refractivity contribution >= 4 is 61.7 Å². The van der Waals surface area contributed by atoms with Crippen LogP contribution in [0.2, 0.25) is 0 Å². The van der Waals surface area contributed by atoms with Gasteiger partial charge in [-0.05, 0) is 156 Å². The number of hydrogen-bond donors (Lipinski definition) is 0. The molecule has 0 unspecified atom stereocenters. The summed E-state index contributed by atoms with van der Waals surface area (Å²) in [5, 5.41) is -2.20. The Labute approximate surface area is 654 Å². The minimum atomic E-state index is -6.41. The van der Waals surface area contributed by atoms with Crippen molar-refractivity contribution in [3.63, 3.8) is 0 Å². The molecular weight excluding hydrogens is 1450 g/mol. The van der Waals surface area contributed by atoms with E-state index in [1.807, 2.05) is 81.9 Å². The maximum Gasteiger partial charge on any atom is 0.268 e. The molecule has 4 heterocycles. The number of hydrogen-bond acceptors (Lipinski definition) is 2. The van der Waals surface area contributed by atoms with Gasteiger partial charge >= 0.3 is 0 Å². The Morgan fingerprint density at radius 3 is 1.63 bits per heavy atom. The summed E-state index contributed by atoms with van der Waals surface area (Å²) in [6, 6.07) is 32.3. The maximum absolute atomic E-state index is 11.2. The second kappa shape index (κ2) is 26.1. The van der Waals surface area contributed by atoms with Gasteiger partial charge in [0.1, 0.15) is 5.82 Å².